The number of aliphatic hydroxyl groups is 1. The minimum Gasteiger partial charge on any atom is -0.484 e. The summed E-state index contributed by atoms with van der Waals surface area (Å²) in [6.07, 6.45) is 2.97. The van der Waals surface area contributed by atoms with Crippen LogP contribution < -0.4 is 9.64 Å². The van der Waals surface area contributed by atoms with Gasteiger partial charge in [-0.2, -0.15) is 0 Å². The zero-order valence-corrected chi connectivity index (χ0v) is 12.5. The predicted molar refractivity (Wildman–Crippen MR) is 80.9 cm³/mol. The number of nitro groups is 1. The summed E-state index contributed by atoms with van der Waals surface area (Å²) in [4.78, 5) is 12.8. The van der Waals surface area contributed by atoms with Gasteiger partial charge in [-0.1, -0.05) is 0 Å². The summed E-state index contributed by atoms with van der Waals surface area (Å²) in [5.74, 6) is 0.287. The average Bonchev–Trinajstić information content (AvgIpc) is 2.46. The molecule has 0 radical (unpaired) electrons. The van der Waals surface area contributed by atoms with Crippen LogP contribution in [0.25, 0.3) is 0 Å². The van der Waals surface area contributed by atoms with Crippen LogP contribution in [0.2, 0.25) is 0 Å². The SMILES string of the molecule is CC(C)Oc1cc(N2CCCCC2CO)ccc1[N+](=O)[O-]. The number of hydrogen-bond donors (Lipinski definition) is 1. The third-order valence-electron chi connectivity index (χ3n) is 3.67. The first-order valence-corrected chi connectivity index (χ1v) is 7.35. The lowest BCUT2D eigenvalue weighted by Crippen LogP contribution is -2.41. The monoisotopic (exact) mass is 294 g/mol. The summed E-state index contributed by atoms with van der Waals surface area (Å²) in [6.45, 7) is 4.63. The molecule has 0 bridgehead atoms. The second-order valence-corrected chi connectivity index (χ2v) is 5.60. The van der Waals surface area contributed by atoms with Gasteiger partial charge in [-0.05, 0) is 39.2 Å². The molecule has 1 unspecified atom stereocenters. The number of nitrogens with zero attached hydrogens (tertiary/aromatic N) is 2. The van der Waals surface area contributed by atoms with Crippen LogP contribution in [0.3, 0.4) is 0 Å². The average molecular weight is 294 g/mol. The Kier molecular flexibility index (Phi) is 5.01. The molecule has 1 atom stereocenters. The van der Waals surface area contributed by atoms with Crippen LogP contribution in [0.4, 0.5) is 11.4 Å². The molecule has 0 amide bonds. The van der Waals surface area contributed by atoms with Gasteiger partial charge in [0.2, 0.25) is 0 Å². The van der Waals surface area contributed by atoms with Gasteiger partial charge in [0.25, 0.3) is 0 Å². The second kappa shape index (κ2) is 6.76. The summed E-state index contributed by atoms with van der Waals surface area (Å²) < 4.78 is 5.58. The maximum atomic E-state index is 11.1. The van der Waals surface area contributed by atoms with Crippen molar-refractivity contribution in [3.05, 3.63) is 28.3 Å². The van der Waals surface area contributed by atoms with E-state index in [2.05, 4.69) is 4.90 Å². The molecule has 1 N–H and O–H groups in total. The first kappa shape index (κ1) is 15.6. The van der Waals surface area contributed by atoms with Crippen LogP contribution in [0.1, 0.15) is 33.1 Å². The lowest BCUT2D eigenvalue weighted by atomic mass is 10.0. The highest BCUT2D eigenvalue weighted by Crippen LogP contribution is 2.34. The van der Waals surface area contributed by atoms with Gasteiger partial charge in [0.05, 0.1) is 23.7 Å². The molecule has 1 aromatic carbocycles. The van der Waals surface area contributed by atoms with Crippen molar-refractivity contribution in [3.8, 4) is 5.75 Å². The Morgan fingerprint density at radius 1 is 1.48 bits per heavy atom. The van der Waals surface area contributed by atoms with Crippen molar-refractivity contribution in [1.82, 2.24) is 0 Å². The lowest BCUT2D eigenvalue weighted by Gasteiger charge is -2.36. The number of aliphatic hydroxyl groups excluding tert-OH is 1. The number of anilines is 1. The fourth-order valence-electron chi connectivity index (χ4n) is 2.71. The Labute approximate surface area is 124 Å². The quantitative estimate of drug-likeness (QED) is 0.667. The van der Waals surface area contributed by atoms with Gasteiger partial charge >= 0.3 is 5.69 Å². The maximum absolute atomic E-state index is 11.1. The molecule has 2 rings (SSSR count). The number of ether oxygens (including phenoxy) is 1. The van der Waals surface area contributed by atoms with Crippen LogP contribution >= 0.6 is 0 Å². The topological polar surface area (TPSA) is 75.8 Å². The van der Waals surface area contributed by atoms with Gasteiger partial charge in [-0.25, -0.2) is 0 Å². The van der Waals surface area contributed by atoms with Crippen molar-refractivity contribution in [1.29, 1.82) is 0 Å². The van der Waals surface area contributed by atoms with E-state index in [0.717, 1.165) is 31.5 Å². The molecule has 0 saturated carbocycles. The maximum Gasteiger partial charge on any atom is 0.311 e. The Hall–Kier alpha value is -1.82. The van der Waals surface area contributed by atoms with E-state index in [0.29, 0.717) is 0 Å². The zero-order chi connectivity index (χ0) is 15.4. The van der Waals surface area contributed by atoms with Gasteiger partial charge in [0.1, 0.15) is 0 Å². The Balaban J connectivity index is 2.33. The molecule has 116 valence electrons. The lowest BCUT2D eigenvalue weighted by molar-refractivity contribution is -0.386. The molecule has 6 heteroatoms. The van der Waals surface area contributed by atoms with Crippen LogP contribution in [-0.4, -0.2) is 35.3 Å². The summed E-state index contributed by atoms with van der Waals surface area (Å²) in [5.41, 5.74) is 0.847. The van der Waals surface area contributed by atoms with Crippen molar-refractivity contribution in [3.63, 3.8) is 0 Å². The van der Waals surface area contributed by atoms with Crippen LogP contribution in [0.5, 0.6) is 5.75 Å². The molecular formula is C15H22N2O4. The first-order valence-electron chi connectivity index (χ1n) is 7.35. The largest absolute Gasteiger partial charge is 0.484 e. The van der Waals surface area contributed by atoms with E-state index in [4.69, 9.17) is 4.74 Å². The molecule has 21 heavy (non-hydrogen) atoms. The van der Waals surface area contributed by atoms with Crippen LogP contribution in [0.15, 0.2) is 18.2 Å². The summed E-state index contributed by atoms with van der Waals surface area (Å²) in [7, 11) is 0. The number of nitro benzene ring substituents is 1. The van der Waals surface area contributed by atoms with E-state index in [-0.39, 0.29) is 30.2 Å². The van der Waals surface area contributed by atoms with Gasteiger partial charge < -0.3 is 14.7 Å². The van der Waals surface area contributed by atoms with Gasteiger partial charge in [-0.3, -0.25) is 10.1 Å². The molecule has 0 aromatic heterocycles. The first-order chi connectivity index (χ1) is 10.0. The number of piperidine rings is 1. The highest BCUT2D eigenvalue weighted by atomic mass is 16.6. The summed E-state index contributed by atoms with van der Waals surface area (Å²) in [6, 6.07) is 5.01. The molecule has 1 heterocycles. The zero-order valence-electron chi connectivity index (χ0n) is 12.5. The Morgan fingerprint density at radius 2 is 2.24 bits per heavy atom. The fourth-order valence-corrected chi connectivity index (χ4v) is 2.71. The second-order valence-electron chi connectivity index (χ2n) is 5.60. The molecule has 1 saturated heterocycles. The molecule has 1 aliphatic rings. The fraction of sp³-hybridized carbons (Fsp3) is 0.600. The van der Waals surface area contributed by atoms with E-state index in [1.54, 1.807) is 12.1 Å². The van der Waals surface area contributed by atoms with Crippen molar-refractivity contribution in [2.24, 2.45) is 0 Å². The van der Waals surface area contributed by atoms with E-state index < -0.39 is 4.92 Å². The molecule has 0 aliphatic carbocycles. The van der Waals surface area contributed by atoms with E-state index >= 15 is 0 Å². The summed E-state index contributed by atoms with van der Waals surface area (Å²) >= 11 is 0. The molecule has 0 spiro atoms. The molecule has 1 aromatic rings. The Bertz CT molecular complexity index is 504. The number of rotatable bonds is 5. The summed E-state index contributed by atoms with van der Waals surface area (Å²) in [5, 5.41) is 20.6. The van der Waals surface area contributed by atoms with Crippen molar-refractivity contribution in [2.45, 2.75) is 45.3 Å². The smallest absolute Gasteiger partial charge is 0.311 e. The van der Waals surface area contributed by atoms with Gasteiger partial charge in [0.15, 0.2) is 5.75 Å². The minimum atomic E-state index is -0.429. The normalized spacial score (nSPS) is 18.9. The van der Waals surface area contributed by atoms with Gasteiger partial charge in [-0.15, -0.1) is 0 Å². The van der Waals surface area contributed by atoms with E-state index in [9.17, 15) is 15.2 Å². The van der Waals surface area contributed by atoms with Crippen molar-refractivity contribution < 1.29 is 14.8 Å². The third-order valence-corrected chi connectivity index (χ3v) is 3.67. The minimum absolute atomic E-state index is 0.0231. The van der Waals surface area contributed by atoms with Crippen LogP contribution in [0, 0.1) is 10.1 Å². The highest BCUT2D eigenvalue weighted by molar-refractivity contribution is 5.60. The molecule has 1 fully saturated rings. The molecule has 1 aliphatic heterocycles. The van der Waals surface area contributed by atoms with Crippen LogP contribution in [-0.2, 0) is 0 Å². The third kappa shape index (κ3) is 3.64. The van der Waals surface area contributed by atoms with E-state index in [1.807, 2.05) is 13.8 Å². The standard InChI is InChI=1S/C15H22N2O4/c1-11(2)21-15-9-12(6-7-14(15)17(19)20)16-8-4-3-5-13(16)10-18/h6-7,9,11,13,18H,3-5,8,10H2,1-2H3. The predicted octanol–water partition coefficient (Wildman–Crippen LogP) is 2.73. The molecular weight excluding hydrogens is 272 g/mol. The van der Waals surface area contributed by atoms with Gasteiger partial charge in [0, 0.05) is 24.4 Å². The Morgan fingerprint density at radius 3 is 2.86 bits per heavy atom. The number of benzene rings is 1. The molecule has 6 nitrogen and oxygen atoms in total. The number of hydrogen-bond acceptors (Lipinski definition) is 5. The van der Waals surface area contributed by atoms with Crippen molar-refractivity contribution in [2.75, 3.05) is 18.1 Å². The van der Waals surface area contributed by atoms with Crippen molar-refractivity contribution >= 4 is 11.4 Å². The highest BCUT2D eigenvalue weighted by Gasteiger charge is 2.24. The van der Waals surface area contributed by atoms with E-state index in [1.165, 1.54) is 6.07 Å².